The van der Waals surface area contributed by atoms with Gasteiger partial charge in [-0.15, -0.1) is 10.2 Å². The van der Waals surface area contributed by atoms with E-state index in [1.807, 2.05) is 37.3 Å². The Bertz CT molecular complexity index is 1000. The van der Waals surface area contributed by atoms with Crippen LogP contribution in [0.4, 0.5) is 4.39 Å². The predicted molar refractivity (Wildman–Crippen MR) is 95.2 cm³/mol. The molecule has 0 amide bonds. The molecule has 3 aromatic rings. The number of sulfonamides is 1. The number of aromatic nitrogens is 2. The van der Waals surface area contributed by atoms with Gasteiger partial charge in [0.15, 0.2) is 0 Å². The summed E-state index contributed by atoms with van der Waals surface area (Å²) >= 11 is 0. The van der Waals surface area contributed by atoms with Gasteiger partial charge in [-0.2, -0.15) is 0 Å². The summed E-state index contributed by atoms with van der Waals surface area (Å²) in [7, 11) is -3.99. The highest BCUT2D eigenvalue weighted by molar-refractivity contribution is 7.89. The molecule has 1 aromatic heterocycles. The molecule has 0 aliphatic rings. The molecule has 0 spiro atoms. The summed E-state index contributed by atoms with van der Waals surface area (Å²) in [6.07, 6.45) is 0.588. The molecule has 3 rings (SSSR count). The monoisotopic (exact) mass is 375 g/mol. The molecule has 2 aromatic carbocycles. The molecule has 1 atom stereocenters. The number of hydrogen-bond donors (Lipinski definition) is 1. The summed E-state index contributed by atoms with van der Waals surface area (Å²) in [6.45, 7) is 3.55. The molecule has 26 heavy (non-hydrogen) atoms. The van der Waals surface area contributed by atoms with Crippen molar-refractivity contribution >= 4 is 10.0 Å². The molecule has 1 N–H and O–H groups in total. The zero-order chi connectivity index (χ0) is 18.7. The van der Waals surface area contributed by atoms with Gasteiger partial charge in [0.25, 0.3) is 0 Å². The second kappa shape index (κ2) is 7.35. The van der Waals surface area contributed by atoms with Crippen molar-refractivity contribution in [3.8, 4) is 22.9 Å². The number of hydrogen-bond acceptors (Lipinski definition) is 5. The molecule has 8 heteroatoms. The van der Waals surface area contributed by atoms with Crippen LogP contribution in [0.3, 0.4) is 0 Å². The van der Waals surface area contributed by atoms with Crippen LogP contribution >= 0.6 is 0 Å². The number of benzene rings is 2. The fraction of sp³-hybridized carbons (Fsp3) is 0.222. The minimum Gasteiger partial charge on any atom is -0.416 e. The van der Waals surface area contributed by atoms with Crippen LogP contribution in [0.5, 0.6) is 0 Å². The lowest BCUT2D eigenvalue weighted by atomic mass is 10.2. The Morgan fingerprint density at radius 2 is 1.73 bits per heavy atom. The van der Waals surface area contributed by atoms with E-state index in [0.717, 1.165) is 11.6 Å². The Labute approximate surface area is 151 Å². The van der Waals surface area contributed by atoms with Gasteiger partial charge in [0, 0.05) is 17.2 Å². The lowest BCUT2D eigenvalue weighted by Crippen LogP contribution is -2.32. The van der Waals surface area contributed by atoms with Crippen LogP contribution in [-0.2, 0) is 10.0 Å². The number of halogens is 1. The fourth-order valence-electron chi connectivity index (χ4n) is 2.29. The first-order valence-electron chi connectivity index (χ1n) is 8.12. The standard InChI is InChI=1S/C18H18FN3O3S/c1-3-12(2)22-26(23,24)16-11-14(9-10-15(16)19)18-21-20-17(25-18)13-7-5-4-6-8-13/h4-12,22H,3H2,1-2H3. The molecule has 0 bridgehead atoms. The highest BCUT2D eigenvalue weighted by atomic mass is 32.2. The Kier molecular flexibility index (Phi) is 5.15. The molecule has 6 nitrogen and oxygen atoms in total. The van der Waals surface area contributed by atoms with Crippen LogP contribution < -0.4 is 4.72 Å². The zero-order valence-electron chi connectivity index (χ0n) is 14.3. The molecular formula is C18H18FN3O3S. The Hall–Kier alpha value is -2.58. The van der Waals surface area contributed by atoms with Crippen molar-refractivity contribution in [3.63, 3.8) is 0 Å². The molecule has 1 heterocycles. The van der Waals surface area contributed by atoms with Gasteiger partial charge in [0.2, 0.25) is 21.8 Å². The van der Waals surface area contributed by atoms with E-state index < -0.39 is 20.7 Å². The van der Waals surface area contributed by atoms with Crippen molar-refractivity contribution in [3.05, 3.63) is 54.3 Å². The van der Waals surface area contributed by atoms with Crippen molar-refractivity contribution in [1.82, 2.24) is 14.9 Å². The normalized spacial score (nSPS) is 12.9. The molecular weight excluding hydrogens is 357 g/mol. The molecule has 0 radical (unpaired) electrons. The van der Waals surface area contributed by atoms with Crippen LogP contribution in [0.25, 0.3) is 22.9 Å². The number of nitrogens with zero attached hydrogens (tertiary/aromatic N) is 2. The van der Waals surface area contributed by atoms with Crippen molar-refractivity contribution < 1.29 is 17.2 Å². The van der Waals surface area contributed by atoms with E-state index in [-0.39, 0.29) is 11.9 Å². The third-order valence-corrected chi connectivity index (χ3v) is 5.49. The van der Waals surface area contributed by atoms with Crippen molar-refractivity contribution in [2.24, 2.45) is 0 Å². The number of rotatable bonds is 6. The summed E-state index contributed by atoms with van der Waals surface area (Å²) < 4.78 is 47.0. The third kappa shape index (κ3) is 3.81. The van der Waals surface area contributed by atoms with E-state index >= 15 is 0 Å². The van der Waals surface area contributed by atoms with Gasteiger partial charge in [0.1, 0.15) is 10.7 Å². The quantitative estimate of drug-likeness (QED) is 0.711. The summed E-state index contributed by atoms with van der Waals surface area (Å²) in [4.78, 5) is -0.449. The number of nitrogens with one attached hydrogen (secondary N) is 1. The van der Waals surface area contributed by atoms with Gasteiger partial charge >= 0.3 is 0 Å². The lowest BCUT2D eigenvalue weighted by molar-refractivity contribution is 0.539. The van der Waals surface area contributed by atoms with Crippen molar-refractivity contribution in [2.75, 3.05) is 0 Å². The fourth-order valence-corrected chi connectivity index (χ4v) is 3.72. The third-order valence-electron chi connectivity index (χ3n) is 3.88. The topological polar surface area (TPSA) is 85.1 Å². The van der Waals surface area contributed by atoms with Gasteiger partial charge in [-0.25, -0.2) is 17.5 Å². The SMILES string of the molecule is CCC(C)NS(=O)(=O)c1cc(-c2nnc(-c3ccccc3)o2)ccc1F. The Morgan fingerprint density at radius 3 is 2.38 bits per heavy atom. The zero-order valence-corrected chi connectivity index (χ0v) is 15.1. The minimum absolute atomic E-state index is 0.115. The van der Waals surface area contributed by atoms with Crippen LogP contribution in [0, 0.1) is 5.82 Å². The van der Waals surface area contributed by atoms with Gasteiger partial charge in [-0.05, 0) is 43.7 Å². The first-order chi connectivity index (χ1) is 12.4. The summed E-state index contributed by atoms with van der Waals surface area (Å²) in [6, 6.07) is 12.5. The smallest absolute Gasteiger partial charge is 0.248 e. The molecule has 136 valence electrons. The maximum Gasteiger partial charge on any atom is 0.248 e. The largest absolute Gasteiger partial charge is 0.416 e. The van der Waals surface area contributed by atoms with E-state index in [1.165, 1.54) is 12.1 Å². The van der Waals surface area contributed by atoms with Gasteiger partial charge in [-0.1, -0.05) is 25.1 Å². The van der Waals surface area contributed by atoms with Crippen LogP contribution in [-0.4, -0.2) is 24.7 Å². The van der Waals surface area contributed by atoms with E-state index in [0.29, 0.717) is 17.9 Å². The molecule has 0 aliphatic heterocycles. The summed E-state index contributed by atoms with van der Waals surface area (Å²) in [5, 5.41) is 7.90. The molecule has 0 saturated carbocycles. The van der Waals surface area contributed by atoms with Gasteiger partial charge in [-0.3, -0.25) is 0 Å². The van der Waals surface area contributed by atoms with E-state index in [2.05, 4.69) is 14.9 Å². The van der Waals surface area contributed by atoms with Crippen LogP contribution in [0.2, 0.25) is 0 Å². The first-order valence-corrected chi connectivity index (χ1v) is 9.60. The highest BCUT2D eigenvalue weighted by Gasteiger charge is 2.23. The molecule has 0 aliphatic carbocycles. The van der Waals surface area contributed by atoms with Crippen LogP contribution in [0.1, 0.15) is 20.3 Å². The summed E-state index contributed by atoms with van der Waals surface area (Å²) in [5.74, 6) is -0.428. The summed E-state index contributed by atoms with van der Waals surface area (Å²) in [5.41, 5.74) is 1.06. The predicted octanol–water partition coefficient (Wildman–Crippen LogP) is 3.62. The second-order valence-electron chi connectivity index (χ2n) is 5.85. The van der Waals surface area contributed by atoms with Crippen LogP contribution in [0.15, 0.2) is 57.8 Å². The van der Waals surface area contributed by atoms with E-state index in [1.54, 1.807) is 6.92 Å². The van der Waals surface area contributed by atoms with Gasteiger partial charge in [0.05, 0.1) is 0 Å². The average molecular weight is 375 g/mol. The Morgan fingerprint density at radius 1 is 1.08 bits per heavy atom. The molecule has 1 unspecified atom stereocenters. The lowest BCUT2D eigenvalue weighted by Gasteiger charge is -2.13. The maximum absolute atomic E-state index is 14.1. The molecule has 0 saturated heterocycles. The highest BCUT2D eigenvalue weighted by Crippen LogP contribution is 2.27. The van der Waals surface area contributed by atoms with Crippen molar-refractivity contribution in [1.29, 1.82) is 0 Å². The molecule has 0 fully saturated rings. The minimum atomic E-state index is -3.99. The Balaban J connectivity index is 1.97. The van der Waals surface area contributed by atoms with Crippen molar-refractivity contribution in [2.45, 2.75) is 31.2 Å². The van der Waals surface area contributed by atoms with E-state index in [4.69, 9.17) is 4.42 Å². The maximum atomic E-state index is 14.1. The first kappa shape index (κ1) is 18.2. The van der Waals surface area contributed by atoms with E-state index in [9.17, 15) is 12.8 Å². The van der Waals surface area contributed by atoms with Gasteiger partial charge < -0.3 is 4.42 Å². The second-order valence-corrected chi connectivity index (χ2v) is 7.54. The average Bonchev–Trinajstić information content (AvgIpc) is 3.12.